The molecule has 0 saturated heterocycles. The van der Waals surface area contributed by atoms with Crippen LogP contribution < -0.4 is 10.5 Å². The van der Waals surface area contributed by atoms with Crippen LogP contribution in [0, 0.1) is 5.82 Å². The van der Waals surface area contributed by atoms with Gasteiger partial charge < -0.3 is 15.4 Å². The van der Waals surface area contributed by atoms with Crippen LogP contribution in [0.1, 0.15) is 15.9 Å². The van der Waals surface area contributed by atoms with E-state index in [9.17, 15) is 9.18 Å². The van der Waals surface area contributed by atoms with Crippen LogP contribution in [0.4, 0.5) is 10.1 Å². The van der Waals surface area contributed by atoms with Gasteiger partial charge >= 0.3 is 0 Å². The summed E-state index contributed by atoms with van der Waals surface area (Å²) in [6.45, 7) is 0.416. The second kappa shape index (κ2) is 6.26. The third kappa shape index (κ3) is 3.72. The lowest BCUT2D eigenvalue weighted by molar-refractivity contribution is 0.0784. The van der Waals surface area contributed by atoms with E-state index >= 15 is 0 Å². The molecule has 1 amide bonds. The molecule has 21 heavy (non-hydrogen) atoms. The number of nitrogens with two attached hydrogens (primary N) is 1. The van der Waals surface area contributed by atoms with Gasteiger partial charge in [0.25, 0.3) is 5.91 Å². The number of nitrogens with zero attached hydrogens (tertiary/aromatic N) is 1. The largest absolute Gasteiger partial charge is 0.497 e. The average molecular weight is 288 g/mol. The minimum Gasteiger partial charge on any atom is -0.497 e. The van der Waals surface area contributed by atoms with E-state index in [0.717, 1.165) is 11.3 Å². The molecule has 0 heterocycles. The Kier molecular flexibility index (Phi) is 4.42. The maximum atomic E-state index is 13.3. The van der Waals surface area contributed by atoms with Crippen LogP contribution in [0.15, 0.2) is 42.5 Å². The molecule has 0 aliphatic heterocycles. The lowest BCUT2D eigenvalue weighted by atomic mass is 10.1. The molecule has 0 saturated carbocycles. The highest BCUT2D eigenvalue weighted by Gasteiger charge is 2.13. The normalized spacial score (nSPS) is 10.2. The molecule has 0 spiro atoms. The van der Waals surface area contributed by atoms with E-state index in [2.05, 4.69) is 0 Å². The summed E-state index contributed by atoms with van der Waals surface area (Å²) in [5.74, 6) is -0.0427. The molecule has 0 aliphatic carbocycles. The van der Waals surface area contributed by atoms with Crippen molar-refractivity contribution in [1.82, 2.24) is 4.90 Å². The molecule has 2 aromatic rings. The highest BCUT2D eigenvalue weighted by atomic mass is 19.1. The summed E-state index contributed by atoms with van der Waals surface area (Å²) in [6, 6.07) is 11.2. The van der Waals surface area contributed by atoms with Gasteiger partial charge in [0.1, 0.15) is 11.6 Å². The van der Waals surface area contributed by atoms with Gasteiger partial charge in [0.05, 0.1) is 7.11 Å². The molecule has 5 heteroatoms. The first-order valence-corrected chi connectivity index (χ1v) is 6.44. The highest BCUT2D eigenvalue weighted by molar-refractivity contribution is 5.94. The summed E-state index contributed by atoms with van der Waals surface area (Å²) in [4.78, 5) is 13.8. The SMILES string of the molecule is COc1ccc(CN(C)C(=O)c2cc(N)cc(F)c2)cc1. The van der Waals surface area contributed by atoms with Crippen molar-refractivity contribution in [1.29, 1.82) is 0 Å². The van der Waals surface area contributed by atoms with Gasteiger partial charge in [0, 0.05) is 24.8 Å². The molecule has 2 rings (SSSR count). The number of rotatable bonds is 4. The topological polar surface area (TPSA) is 55.6 Å². The van der Waals surface area contributed by atoms with Gasteiger partial charge in [-0.1, -0.05) is 12.1 Å². The van der Waals surface area contributed by atoms with Crippen molar-refractivity contribution in [2.75, 3.05) is 19.9 Å². The summed E-state index contributed by atoms with van der Waals surface area (Å²) in [7, 11) is 3.26. The second-order valence-corrected chi connectivity index (χ2v) is 4.78. The number of carbonyl (C=O) groups excluding carboxylic acids is 1. The summed E-state index contributed by atoms with van der Waals surface area (Å²) in [5.41, 5.74) is 6.98. The molecule has 0 bridgehead atoms. The number of nitrogen functional groups attached to an aromatic ring is 1. The standard InChI is InChI=1S/C16H17FN2O2/c1-19(10-11-3-5-15(21-2)6-4-11)16(20)12-7-13(17)9-14(18)8-12/h3-9H,10,18H2,1-2H3. The third-order valence-electron chi connectivity index (χ3n) is 3.09. The Bertz CT molecular complexity index is 621. The smallest absolute Gasteiger partial charge is 0.254 e. The molecule has 0 aliphatic rings. The molecule has 2 N–H and O–H groups in total. The third-order valence-corrected chi connectivity index (χ3v) is 3.09. The van der Waals surface area contributed by atoms with Crippen molar-refractivity contribution < 1.29 is 13.9 Å². The number of hydrogen-bond acceptors (Lipinski definition) is 3. The molecule has 0 fully saturated rings. The summed E-state index contributed by atoms with van der Waals surface area (Å²) in [6.07, 6.45) is 0. The quantitative estimate of drug-likeness (QED) is 0.880. The lowest BCUT2D eigenvalue weighted by Crippen LogP contribution is -2.26. The van der Waals surface area contributed by atoms with Gasteiger partial charge in [-0.3, -0.25) is 4.79 Å². The van der Waals surface area contributed by atoms with Crippen molar-refractivity contribution in [2.45, 2.75) is 6.54 Å². The van der Waals surface area contributed by atoms with Gasteiger partial charge in [-0.15, -0.1) is 0 Å². The molecule has 0 atom stereocenters. The maximum absolute atomic E-state index is 13.3. The zero-order chi connectivity index (χ0) is 15.4. The van der Waals surface area contributed by atoms with E-state index in [0.29, 0.717) is 6.54 Å². The van der Waals surface area contributed by atoms with E-state index < -0.39 is 5.82 Å². The fourth-order valence-corrected chi connectivity index (χ4v) is 2.03. The summed E-state index contributed by atoms with van der Waals surface area (Å²) >= 11 is 0. The van der Waals surface area contributed by atoms with E-state index in [1.165, 1.54) is 23.1 Å². The average Bonchev–Trinajstić information content (AvgIpc) is 2.46. The van der Waals surface area contributed by atoms with E-state index in [1.807, 2.05) is 24.3 Å². The Morgan fingerprint density at radius 1 is 1.24 bits per heavy atom. The van der Waals surface area contributed by atoms with E-state index in [-0.39, 0.29) is 17.2 Å². The number of carbonyl (C=O) groups is 1. The summed E-state index contributed by atoms with van der Waals surface area (Å²) < 4.78 is 18.4. The number of hydrogen-bond donors (Lipinski definition) is 1. The fourth-order valence-electron chi connectivity index (χ4n) is 2.03. The van der Waals surface area contributed by atoms with Crippen LogP contribution in [0.2, 0.25) is 0 Å². The van der Waals surface area contributed by atoms with Gasteiger partial charge in [-0.25, -0.2) is 4.39 Å². The molecule has 0 radical (unpaired) electrons. The van der Waals surface area contributed by atoms with E-state index in [4.69, 9.17) is 10.5 Å². The minimum absolute atomic E-state index is 0.233. The number of benzene rings is 2. The molecule has 0 unspecified atom stereocenters. The van der Waals surface area contributed by atoms with Crippen molar-refractivity contribution >= 4 is 11.6 Å². The van der Waals surface area contributed by atoms with Crippen LogP contribution in [0.3, 0.4) is 0 Å². The van der Waals surface area contributed by atoms with Crippen LogP contribution in [-0.2, 0) is 6.54 Å². The predicted octanol–water partition coefficient (Wildman–Crippen LogP) is 2.69. The number of amides is 1. The highest BCUT2D eigenvalue weighted by Crippen LogP contribution is 2.16. The first kappa shape index (κ1) is 14.8. The van der Waals surface area contributed by atoms with Crippen molar-refractivity contribution in [3.8, 4) is 5.75 Å². The predicted molar refractivity (Wildman–Crippen MR) is 79.6 cm³/mol. The van der Waals surface area contributed by atoms with Gasteiger partial charge in [0.15, 0.2) is 0 Å². The molecular formula is C16H17FN2O2. The molecule has 2 aromatic carbocycles. The van der Waals surface area contributed by atoms with Crippen LogP contribution in [0.5, 0.6) is 5.75 Å². The molecule has 4 nitrogen and oxygen atoms in total. The zero-order valence-electron chi connectivity index (χ0n) is 12.0. The van der Waals surface area contributed by atoms with Crippen molar-refractivity contribution in [3.63, 3.8) is 0 Å². The second-order valence-electron chi connectivity index (χ2n) is 4.78. The summed E-state index contributed by atoms with van der Waals surface area (Å²) in [5, 5.41) is 0. The number of anilines is 1. The lowest BCUT2D eigenvalue weighted by Gasteiger charge is -2.18. The number of ether oxygens (including phenoxy) is 1. The van der Waals surface area contributed by atoms with Gasteiger partial charge in [-0.05, 0) is 35.9 Å². The minimum atomic E-state index is -0.517. The maximum Gasteiger partial charge on any atom is 0.254 e. The fraction of sp³-hybridized carbons (Fsp3) is 0.188. The van der Waals surface area contributed by atoms with Crippen LogP contribution in [0.25, 0.3) is 0 Å². The Hall–Kier alpha value is -2.56. The first-order valence-electron chi connectivity index (χ1n) is 6.44. The van der Waals surface area contributed by atoms with Crippen molar-refractivity contribution in [2.24, 2.45) is 0 Å². The zero-order valence-corrected chi connectivity index (χ0v) is 12.0. The Balaban J connectivity index is 2.11. The van der Waals surface area contributed by atoms with Crippen molar-refractivity contribution in [3.05, 3.63) is 59.4 Å². The van der Waals surface area contributed by atoms with Crippen LogP contribution >= 0.6 is 0 Å². The van der Waals surface area contributed by atoms with Gasteiger partial charge in [-0.2, -0.15) is 0 Å². The van der Waals surface area contributed by atoms with Gasteiger partial charge in [0.2, 0.25) is 0 Å². The Morgan fingerprint density at radius 3 is 2.48 bits per heavy atom. The monoisotopic (exact) mass is 288 g/mol. The number of methoxy groups -OCH3 is 1. The number of halogens is 1. The molecular weight excluding hydrogens is 271 g/mol. The van der Waals surface area contributed by atoms with Crippen LogP contribution in [-0.4, -0.2) is 25.0 Å². The first-order chi connectivity index (χ1) is 9.99. The molecule has 110 valence electrons. The Morgan fingerprint density at radius 2 is 1.90 bits per heavy atom. The van der Waals surface area contributed by atoms with E-state index in [1.54, 1.807) is 14.2 Å². The Labute approximate surface area is 122 Å². The molecule has 0 aromatic heterocycles.